The van der Waals surface area contributed by atoms with Gasteiger partial charge in [0.15, 0.2) is 0 Å². The van der Waals surface area contributed by atoms with E-state index in [0.717, 1.165) is 45.0 Å². The van der Waals surface area contributed by atoms with E-state index in [2.05, 4.69) is 46.5 Å². The molecule has 1 atom stereocenters. The van der Waals surface area contributed by atoms with Gasteiger partial charge in [-0.2, -0.15) is 0 Å². The van der Waals surface area contributed by atoms with Crippen LogP contribution in [0.4, 0.5) is 0 Å². The molecule has 1 saturated heterocycles. The standard InChI is InChI=1S/C24H39N3O2/c1-3-12-26-13-15-27(16-14-26)18-21-8-7-11-24(17-21)29-20-23(28)19-25(2)22-9-5-4-6-10-22/h3,7-8,11,17,22-23,28H,1,4-6,9-10,12-16,18-20H2,2H3. The summed E-state index contributed by atoms with van der Waals surface area (Å²) in [5.41, 5.74) is 1.27. The average Bonchev–Trinajstić information content (AvgIpc) is 2.75. The summed E-state index contributed by atoms with van der Waals surface area (Å²) in [4.78, 5) is 7.25. The number of likely N-dealkylation sites (N-methyl/N-ethyl adjacent to an activating group) is 1. The fourth-order valence-corrected chi connectivity index (χ4v) is 4.55. The fraction of sp³-hybridized carbons (Fsp3) is 0.667. The number of ether oxygens (including phenoxy) is 1. The van der Waals surface area contributed by atoms with Crippen molar-refractivity contribution in [2.24, 2.45) is 0 Å². The number of piperazine rings is 1. The molecule has 2 aliphatic rings. The largest absolute Gasteiger partial charge is 0.491 e. The van der Waals surface area contributed by atoms with Crippen LogP contribution in [0.5, 0.6) is 5.75 Å². The molecule has 0 amide bonds. The van der Waals surface area contributed by atoms with E-state index in [-0.39, 0.29) is 0 Å². The van der Waals surface area contributed by atoms with E-state index in [1.165, 1.54) is 37.7 Å². The quantitative estimate of drug-likeness (QED) is 0.610. The van der Waals surface area contributed by atoms with Crippen molar-refractivity contribution >= 4 is 0 Å². The lowest BCUT2D eigenvalue weighted by Crippen LogP contribution is -2.45. The molecule has 3 rings (SSSR count). The van der Waals surface area contributed by atoms with Gasteiger partial charge in [0.25, 0.3) is 0 Å². The Morgan fingerprint density at radius 1 is 1.17 bits per heavy atom. The molecule has 1 saturated carbocycles. The number of aliphatic hydroxyl groups excluding tert-OH is 1. The average molecular weight is 402 g/mol. The first kappa shape index (κ1) is 22.3. The van der Waals surface area contributed by atoms with Crippen LogP contribution in [0.25, 0.3) is 0 Å². The maximum Gasteiger partial charge on any atom is 0.119 e. The maximum atomic E-state index is 10.4. The normalized spacial score (nSPS) is 20.7. The summed E-state index contributed by atoms with van der Waals surface area (Å²) in [5, 5.41) is 10.4. The van der Waals surface area contributed by atoms with Gasteiger partial charge in [0.2, 0.25) is 0 Å². The number of hydrogen-bond acceptors (Lipinski definition) is 5. The van der Waals surface area contributed by atoms with E-state index >= 15 is 0 Å². The molecule has 0 radical (unpaired) electrons. The molecule has 0 bridgehead atoms. The van der Waals surface area contributed by atoms with Crippen LogP contribution >= 0.6 is 0 Å². The minimum Gasteiger partial charge on any atom is -0.491 e. The molecular formula is C24H39N3O2. The van der Waals surface area contributed by atoms with Gasteiger partial charge in [-0.25, -0.2) is 0 Å². The van der Waals surface area contributed by atoms with Gasteiger partial charge in [-0.05, 0) is 37.6 Å². The SMILES string of the molecule is C=CCN1CCN(Cc2cccc(OCC(O)CN(C)C3CCCCC3)c2)CC1. The number of rotatable bonds is 10. The minimum absolute atomic E-state index is 0.348. The summed E-state index contributed by atoms with van der Waals surface area (Å²) in [5.74, 6) is 0.854. The molecule has 1 aliphatic carbocycles. The predicted molar refractivity (Wildman–Crippen MR) is 119 cm³/mol. The highest BCUT2D eigenvalue weighted by Crippen LogP contribution is 2.22. The van der Waals surface area contributed by atoms with Crippen molar-refractivity contribution in [3.8, 4) is 5.75 Å². The van der Waals surface area contributed by atoms with Crippen molar-refractivity contribution in [1.29, 1.82) is 0 Å². The Morgan fingerprint density at radius 2 is 1.90 bits per heavy atom. The van der Waals surface area contributed by atoms with Crippen molar-refractivity contribution in [3.05, 3.63) is 42.5 Å². The molecule has 0 aromatic heterocycles. The summed E-state index contributed by atoms with van der Waals surface area (Å²) < 4.78 is 5.92. The molecule has 1 aliphatic heterocycles. The van der Waals surface area contributed by atoms with Gasteiger partial charge in [-0.1, -0.05) is 37.5 Å². The Labute approximate surface area is 176 Å². The minimum atomic E-state index is -0.455. The van der Waals surface area contributed by atoms with Gasteiger partial charge >= 0.3 is 0 Å². The lowest BCUT2D eigenvalue weighted by molar-refractivity contribution is 0.0561. The van der Waals surface area contributed by atoms with Crippen LogP contribution in [-0.4, -0.2) is 84.9 Å². The van der Waals surface area contributed by atoms with Crippen LogP contribution in [0.15, 0.2) is 36.9 Å². The highest BCUT2D eigenvalue weighted by Gasteiger charge is 2.20. The molecule has 5 heteroatoms. The molecule has 1 aromatic carbocycles. The number of benzene rings is 1. The zero-order valence-corrected chi connectivity index (χ0v) is 18.1. The van der Waals surface area contributed by atoms with Gasteiger partial charge < -0.3 is 14.7 Å². The topological polar surface area (TPSA) is 39.2 Å². The molecule has 2 fully saturated rings. The summed E-state index contributed by atoms with van der Waals surface area (Å²) in [6, 6.07) is 8.94. The third kappa shape index (κ3) is 7.41. The molecule has 1 unspecified atom stereocenters. The van der Waals surface area contributed by atoms with Gasteiger partial charge in [-0.15, -0.1) is 6.58 Å². The lowest BCUT2D eigenvalue weighted by Gasteiger charge is -2.34. The Balaban J connectivity index is 1.40. The first-order valence-electron chi connectivity index (χ1n) is 11.3. The maximum absolute atomic E-state index is 10.4. The van der Waals surface area contributed by atoms with Crippen LogP contribution in [-0.2, 0) is 6.54 Å². The van der Waals surface area contributed by atoms with Crippen LogP contribution in [0, 0.1) is 0 Å². The van der Waals surface area contributed by atoms with E-state index in [4.69, 9.17) is 4.74 Å². The molecular weight excluding hydrogens is 362 g/mol. The van der Waals surface area contributed by atoms with Crippen molar-refractivity contribution in [3.63, 3.8) is 0 Å². The predicted octanol–water partition coefficient (Wildman–Crippen LogP) is 2.99. The highest BCUT2D eigenvalue weighted by molar-refractivity contribution is 5.28. The van der Waals surface area contributed by atoms with Crippen LogP contribution in [0.1, 0.15) is 37.7 Å². The molecule has 162 valence electrons. The Bertz CT molecular complexity index is 610. The molecule has 1 aromatic rings. The van der Waals surface area contributed by atoms with E-state index in [1.54, 1.807) is 0 Å². The van der Waals surface area contributed by atoms with Crippen LogP contribution in [0.2, 0.25) is 0 Å². The van der Waals surface area contributed by atoms with Gasteiger partial charge in [0.05, 0.1) is 0 Å². The van der Waals surface area contributed by atoms with E-state index in [9.17, 15) is 5.11 Å². The number of hydrogen-bond donors (Lipinski definition) is 1. The van der Waals surface area contributed by atoms with Crippen molar-refractivity contribution < 1.29 is 9.84 Å². The molecule has 29 heavy (non-hydrogen) atoms. The third-order valence-corrected chi connectivity index (χ3v) is 6.30. The summed E-state index contributed by atoms with van der Waals surface area (Å²) in [6.07, 6.45) is 8.04. The fourth-order valence-electron chi connectivity index (χ4n) is 4.55. The number of aliphatic hydroxyl groups is 1. The van der Waals surface area contributed by atoms with Crippen LogP contribution < -0.4 is 4.74 Å². The molecule has 5 nitrogen and oxygen atoms in total. The second-order valence-electron chi connectivity index (χ2n) is 8.71. The summed E-state index contributed by atoms with van der Waals surface area (Å²) in [6.45, 7) is 11.2. The Morgan fingerprint density at radius 3 is 2.62 bits per heavy atom. The zero-order valence-electron chi connectivity index (χ0n) is 18.1. The van der Waals surface area contributed by atoms with E-state index < -0.39 is 6.10 Å². The zero-order chi connectivity index (χ0) is 20.5. The smallest absolute Gasteiger partial charge is 0.119 e. The van der Waals surface area contributed by atoms with E-state index in [1.807, 2.05) is 12.1 Å². The Hall–Kier alpha value is -1.40. The molecule has 1 N–H and O–H groups in total. The van der Waals surface area contributed by atoms with E-state index in [0.29, 0.717) is 19.2 Å². The monoisotopic (exact) mass is 401 g/mol. The van der Waals surface area contributed by atoms with Gasteiger partial charge in [0, 0.05) is 51.9 Å². The van der Waals surface area contributed by atoms with Crippen molar-refractivity contribution in [1.82, 2.24) is 14.7 Å². The molecule has 1 heterocycles. The first-order chi connectivity index (χ1) is 14.1. The molecule has 0 spiro atoms. The van der Waals surface area contributed by atoms with Crippen molar-refractivity contribution in [2.75, 3.05) is 52.9 Å². The first-order valence-corrected chi connectivity index (χ1v) is 11.3. The second-order valence-corrected chi connectivity index (χ2v) is 8.71. The summed E-state index contributed by atoms with van der Waals surface area (Å²) >= 11 is 0. The lowest BCUT2D eigenvalue weighted by atomic mass is 9.94. The second kappa shape index (κ2) is 11.7. The summed E-state index contributed by atoms with van der Waals surface area (Å²) in [7, 11) is 2.13. The Kier molecular flexibility index (Phi) is 8.99. The van der Waals surface area contributed by atoms with Gasteiger partial charge in [-0.3, -0.25) is 9.80 Å². The van der Waals surface area contributed by atoms with Gasteiger partial charge in [0.1, 0.15) is 18.5 Å². The third-order valence-electron chi connectivity index (χ3n) is 6.30. The highest BCUT2D eigenvalue weighted by atomic mass is 16.5. The van der Waals surface area contributed by atoms with Crippen molar-refractivity contribution in [2.45, 2.75) is 50.8 Å². The number of nitrogens with zero attached hydrogens (tertiary/aromatic N) is 3. The van der Waals surface area contributed by atoms with Crippen LogP contribution in [0.3, 0.4) is 0 Å².